The minimum Gasteiger partial charge on any atom is -0.447 e. The molecule has 1 saturated heterocycles. The number of oxazole rings is 1. The van der Waals surface area contributed by atoms with Crippen molar-refractivity contribution in [2.45, 2.75) is 32.4 Å². The number of hydrogen-bond donors (Lipinski definition) is 1. The van der Waals surface area contributed by atoms with Crippen LogP contribution in [0, 0.1) is 0 Å². The molecule has 0 saturated carbocycles. The zero-order chi connectivity index (χ0) is 11.4. The van der Waals surface area contributed by atoms with Crippen molar-refractivity contribution in [2.24, 2.45) is 0 Å². The van der Waals surface area contributed by atoms with Gasteiger partial charge in [0, 0.05) is 13.0 Å². The number of piperidine rings is 1. The lowest BCUT2D eigenvalue weighted by atomic mass is 10.0. The largest absolute Gasteiger partial charge is 0.447 e. The predicted molar refractivity (Wildman–Crippen MR) is 58.6 cm³/mol. The van der Waals surface area contributed by atoms with Crippen LogP contribution in [0.3, 0.4) is 0 Å². The molecule has 1 fully saturated rings. The Morgan fingerprint density at radius 2 is 2.38 bits per heavy atom. The highest BCUT2D eigenvalue weighted by Gasteiger charge is 2.24. The van der Waals surface area contributed by atoms with Crippen molar-refractivity contribution in [3.8, 4) is 0 Å². The van der Waals surface area contributed by atoms with Gasteiger partial charge in [-0.1, -0.05) is 0 Å². The van der Waals surface area contributed by atoms with Crippen molar-refractivity contribution >= 4 is 5.91 Å². The van der Waals surface area contributed by atoms with Gasteiger partial charge in [0.15, 0.2) is 0 Å². The molecule has 88 valence electrons. The number of aromatic nitrogens is 1. The van der Waals surface area contributed by atoms with Gasteiger partial charge in [-0.05, 0) is 25.9 Å². The highest BCUT2D eigenvalue weighted by atomic mass is 16.3. The second kappa shape index (κ2) is 5.12. The Morgan fingerprint density at radius 3 is 2.94 bits per heavy atom. The second-order valence-electron chi connectivity index (χ2n) is 4.05. The van der Waals surface area contributed by atoms with Gasteiger partial charge in [-0.25, -0.2) is 4.98 Å². The van der Waals surface area contributed by atoms with Crippen molar-refractivity contribution < 1.29 is 9.21 Å². The molecule has 0 atom stereocenters. The van der Waals surface area contributed by atoms with E-state index < -0.39 is 0 Å². The summed E-state index contributed by atoms with van der Waals surface area (Å²) in [5.74, 6) is 0.693. The van der Waals surface area contributed by atoms with Crippen LogP contribution >= 0.6 is 0 Å². The first kappa shape index (κ1) is 11.1. The summed E-state index contributed by atoms with van der Waals surface area (Å²) in [7, 11) is 0. The maximum atomic E-state index is 11.6. The van der Waals surface area contributed by atoms with E-state index in [2.05, 4.69) is 10.3 Å². The van der Waals surface area contributed by atoms with Crippen LogP contribution in [0.5, 0.6) is 0 Å². The van der Waals surface area contributed by atoms with Crippen molar-refractivity contribution in [3.05, 3.63) is 18.4 Å². The lowest BCUT2D eigenvalue weighted by molar-refractivity contribution is -0.132. The molecule has 0 radical (unpaired) electrons. The maximum absolute atomic E-state index is 11.6. The molecule has 0 aliphatic carbocycles. The molecule has 1 aliphatic rings. The third-order valence-corrected chi connectivity index (χ3v) is 2.94. The molecule has 0 bridgehead atoms. The molecule has 1 N–H and O–H groups in total. The van der Waals surface area contributed by atoms with Gasteiger partial charge in [0.1, 0.15) is 6.26 Å². The zero-order valence-electron chi connectivity index (χ0n) is 9.48. The Hall–Kier alpha value is -1.36. The van der Waals surface area contributed by atoms with Gasteiger partial charge in [0.05, 0.1) is 12.7 Å². The van der Waals surface area contributed by atoms with Gasteiger partial charge in [0.2, 0.25) is 11.8 Å². The number of amides is 1. The van der Waals surface area contributed by atoms with Crippen LogP contribution in [-0.4, -0.2) is 34.9 Å². The van der Waals surface area contributed by atoms with Crippen molar-refractivity contribution in [1.82, 2.24) is 15.2 Å². The van der Waals surface area contributed by atoms with E-state index >= 15 is 0 Å². The van der Waals surface area contributed by atoms with Crippen LogP contribution < -0.4 is 5.32 Å². The fraction of sp³-hybridized carbons (Fsp3) is 0.636. The molecule has 2 rings (SSSR count). The second-order valence-corrected chi connectivity index (χ2v) is 4.05. The first-order valence-electron chi connectivity index (χ1n) is 5.63. The summed E-state index contributed by atoms with van der Waals surface area (Å²) < 4.78 is 5.18. The van der Waals surface area contributed by atoms with Crippen LogP contribution in [-0.2, 0) is 11.3 Å². The first-order chi connectivity index (χ1) is 7.77. The molecule has 0 aromatic carbocycles. The Morgan fingerprint density at radius 1 is 1.62 bits per heavy atom. The van der Waals surface area contributed by atoms with Crippen molar-refractivity contribution in [3.63, 3.8) is 0 Å². The van der Waals surface area contributed by atoms with Gasteiger partial charge in [-0.3, -0.25) is 4.79 Å². The van der Waals surface area contributed by atoms with E-state index in [1.807, 2.05) is 4.90 Å². The zero-order valence-corrected chi connectivity index (χ0v) is 9.48. The molecule has 1 amide bonds. The SMILES string of the molecule is CC(=O)N(Cc1ncco1)C1CCNCC1. The fourth-order valence-electron chi connectivity index (χ4n) is 2.09. The Kier molecular flexibility index (Phi) is 3.56. The molecule has 0 spiro atoms. The molecular weight excluding hydrogens is 206 g/mol. The third-order valence-electron chi connectivity index (χ3n) is 2.94. The number of nitrogens with zero attached hydrogens (tertiary/aromatic N) is 2. The number of carbonyl (C=O) groups excluding carboxylic acids is 1. The molecule has 0 unspecified atom stereocenters. The van der Waals surface area contributed by atoms with E-state index in [-0.39, 0.29) is 5.91 Å². The summed E-state index contributed by atoms with van der Waals surface area (Å²) in [6.07, 6.45) is 5.15. The van der Waals surface area contributed by atoms with Gasteiger partial charge in [-0.15, -0.1) is 0 Å². The predicted octanol–water partition coefficient (Wildman–Crippen LogP) is 0.775. The van der Waals surface area contributed by atoms with Crippen molar-refractivity contribution in [2.75, 3.05) is 13.1 Å². The van der Waals surface area contributed by atoms with Gasteiger partial charge in [0.25, 0.3) is 0 Å². The molecule has 1 aliphatic heterocycles. The molecule has 1 aromatic heterocycles. The quantitative estimate of drug-likeness (QED) is 0.822. The Bertz CT molecular complexity index is 331. The molecule has 1 aromatic rings. The van der Waals surface area contributed by atoms with Crippen molar-refractivity contribution in [1.29, 1.82) is 0 Å². The number of rotatable bonds is 3. The molecule has 5 nitrogen and oxygen atoms in total. The Balaban J connectivity index is 2.01. The summed E-state index contributed by atoms with van der Waals surface area (Å²) in [5.41, 5.74) is 0. The molecule has 16 heavy (non-hydrogen) atoms. The average Bonchev–Trinajstić information content (AvgIpc) is 2.79. The van der Waals surface area contributed by atoms with Crippen LogP contribution in [0.25, 0.3) is 0 Å². The number of nitrogens with one attached hydrogen (secondary N) is 1. The normalized spacial score (nSPS) is 17.3. The molecular formula is C11H17N3O2. The smallest absolute Gasteiger partial charge is 0.220 e. The fourth-order valence-corrected chi connectivity index (χ4v) is 2.09. The minimum atomic E-state index is 0.0881. The van der Waals surface area contributed by atoms with Gasteiger partial charge in [-0.2, -0.15) is 0 Å². The number of carbonyl (C=O) groups is 1. The van der Waals surface area contributed by atoms with E-state index in [1.54, 1.807) is 13.1 Å². The number of hydrogen-bond acceptors (Lipinski definition) is 4. The van der Waals surface area contributed by atoms with E-state index in [1.165, 1.54) is 6.26 Å². The highest BCUT2D eigenvalue weighted by Crippen LogP contribution is 2.15. The van der Waals surface area contributed by atoms with Crippen LogP contribution in [0.4, 0.5) is 0 Å². The third kappa shape index (κ3) is 2.61. The summed E-state index contributed by atoms with van der Waals surface area (Å²) in [6.45, 7) is 4.03. The van der Waals surface area contributed by atoms with E-state index in [9.17, 15) is 4.79 Å². The molecule has 2 heterocycles. The van der Waals surface area contributed by atoms with Crippen LogP contribution in [0.15, 0.2) is 16.9 Å². The summed E-state index contributed by atoms with van der Waals surface area (Å²) >= 11 is 0. The standard InChI is InChI=1S/C11H17N3O2/c1-9(15)14(8-11-13-6-7-16-11)10-2-4-12-5-3-10/h6-7,10,12H,2-5,8H2,1H3. The van der Waals surface area contributed by atoms with E-state index in [0.29, 0.717) is 18.5 Å². The molecule has 5 heteroatoms. The summed E-state index contributed by atoms with van der Waals surface area (Å²) in [6, 6.07) is 0.311. The lowest BCUT2D eigenvalue weighted by Crippen LogP contribution is -2.44. The van der Waals surface area contributed by atoms with Crippen LogP contribution in [0.1, 0.15) is 25.7 Å². The average molecular weight is 223 g/mol. The highest BCUT2D eigenvalue weighted by molar-refractivity contribution is 5.73. The Labute approximate surface area is 94.8 Å². The minimum absolute atomic E-state index is 0.0881. The maximum Gasteiger partial charge on any atom is 0.220 e. The van der Waals surface area contributed by atoms with E-state index in [4.69, 9.17) is 4.42 Å². The first-order valence-corrected chi connectivity index (χ1v) is 5.63. The van der Waals surface area contributed by atoms with Gasteiger partial charge < -0.3 is 14.6 Å². The van der Waals surface area contributed by atoms with E-state index in [0.717, 1.165) is 25.9 Å². The van der Waals surface area contributed by atoms with Crippen LogP contribution in [0.2, 0.25) is 0 Å². The summed E-state index contributed by atoms with van der Waals surface area (Å²) in [4.78, 5) is 17.5. The topological polar surface area (TPSA) is 58.4 Å². The monoisotopic (exact) mass is 223 g/mol. The summed E-state index contributed by atoms with van der Waals surface area (Å²) in [5, 5.41) is 3.29. The van der Waals surface area contributed by atoms with Gasteiger partial charge >= 0.3 is 0 Å². The lowest BCUT2D eigenvalue weighted by Gasteiger charge is -2.33.